The van der Waals surface area contributed by atoms with Crippen molar-refractivity contribution in [1.82, 2.24) is 10.2 Å². The molecule has 3 rings (SSSR count). The van der Waals surface area contributed by atoms with Crippen molar-refractivity contribution >= 4 is 12.0 Å². The van der Waals surface area contributed by atoms with Crippen LogP contribution in [0, 0.1) is 11.8 Å². The number of urea groups is 1. The molecule has 0 spiro atoms. The van der Waals surface area contributed by atoms with E-state index in [0.29, 0.717) is 5.92 Å². The Morgan fingerprint density at radius 3 is 2.21 bits per heavy atom. The number of carbonyl (C=O) groups is 2. The Kier molecular flexibility index (Phi) is 3.37. The van der Waals surface area contributed by atoms with Gasteiger partial charge in [-0.3, -0.25) is 4.79 Å². The molecule has 1 saturated carbocycles. The van der Waals surface area contributed by atoms with Crippen molar-refractivity contribution in [2.75, 3.05) is 6.54 Å². The maximum Gasteiger partial charge on any atom is 0.317 e. The van der Waals surface area contributed by atoms with Gasteiger partial charge in [0.05, 0.1) is 0 Å². The fraction of sp³-hybridized carbons (Fsp3) is 0.857. The van der Waals surface area contributed by atoms with Crippen LogP contribution in [0.4, 0.5) is 4.79 Å². The van der Waals surface area contributed by atoms with Crippen LogP contribution in [0.15, 0.2) is 0 Å². The zero-order valence-corrected chi connectivity index (χ0v) is 11.2. The highest BCUT2D eigenvalue weighted by atomic mass is 16.4. The molecule has 5 nitrogen and oxygen atoms in total. The third-order valence-corrected chi connectivity index (χ3v) is 4.77. The van der Waals surface area contributed by atoms with Crippen molar-refractivity contribution < 1.29 is 14.7 Å². The first-order valence-electron chi connectivity index (χ1n) is 7.41. The summed E-state index contributed by atoms with van der Waals surface area (Å²) in [4.78, 5) is 25.0. The zero-order chi connectivity index (χ0) is 13.4. The van der Waals surface area contributed by atoms with Gasteiger partial charge in [0.2, 0.25) is 0 Å². The number of rotatable bonds is 4. The third-order valence-electron chi connectivity index (χ3n) is 4.77. The number of amides is 2. The molecule has 0 aromatic carbocycles. The van der Waals surface area contributed by atoms with Gasteiger partial charge >= 0.3 is 12.0 Å². The topological polar surface area (TPSA) is 69.6 Å². The van der Waals surface area contributed by atoms with E-state index in [1.54, 1.807) is 0 Å². The average molecular weight is 266 g/mol. The van der Waals surface area contributed by atoms with Crippen LogP contribution in [-0.4, -0.2) is 40.6 Å². The second kappa shape index (κ2) is 5.02. The Labute approximate surface area is 113 Å². The predicted molar refractivity (Wildman–Crippen MR) is 69.7 cm³/mol. The number of carboxylic acids is 1. The molecule has 0 radical (unpaired) electrons. The van der Waals surface area contributed by atoms with Crippen molar-refractivity contribution in [1.29, 1.82) is 0 Å². The van der Waals surface area contributed by atoms with E-state index in [9.17, 15) is 9.59 Å². The SMILES string of the molecule is O=C(O)CC1CC2CCC(C1)N2C(=O)NCC1CC1. The molecule has 2 amide bonds. The van der Waals surface area contributed by atoms with Crippen molar-refractivity contribution in [3.05, 3.63) is 0 Å². The molecule has 106 valence electrons. The molecule has 5 heteroatoms. The Morgan fingerprint density at radius 1 is 1.05 bits per heavy atom. The summed E-state index contributed by atoms with van der Waals surface area (Å²) >= 11 is 0. The molecule has 2 saturated heterocycles. The molecule has 2 heterocycles. The molecule has 2 bridgehead atoms. The number of aliphatic carboxylic acids is 1. The molecule has 0 aromatic heterocycles. The van der Waals surface area contributed by atoms with E-state index in [-0.39, 0.29) is 30.5 Å². The molecule has 0 aromatic rings. The smallest absolute Gasteiger partial charge is 0.317 e. The number of hydrogen-bond donors (Lipinski definition) is 2. The second-order valence-electron chi connectivity index (χ2n) is 6.36. The monoisotopic (exact) mass is 266 g/mol. The quantitative estimate of drug-likeness (QED) is 0.815. The van der Waals surface area contributed by atoms with E-state index >= 15 is 0 Å². The molecule has 3 fully saturated rings. The van der Waals surface area contributed by atoms with Crippen LogP contribution in [0.2, 0.25) is 0 Å². The van der Waals surface area contributed by atoms with Crippen LogP contribution in [0.5, 0.6) is 0 Å². The normalized spacial score (nSPS) is 33.3. The molecule has 1 aliphatic carbocycles. The van der Waals surface area contributed by atoms with Gasteiger partial charge < -0.3 is 15.3 Å². The van der Waals surface area contributed by atoms with Gasteiger partial charge in [0, 0.05) is 25.0 Å². The van der Waals surface area contributed by atoms with Gasteiger partial charge in [0.25, 0.3) is 0 Å². The Morgan fingerprint density at radius 2 is 1.68 bits per heavy atom. The van der Waals surface area contributed by atoms with Crippen LogP contribution in [0.1, 0.15) is 44.9 Å². The minimum atomic E-state index is -0.712. The average Bonchev–Trinajstić information content (AvgIpc) is 3.12. The van der Waals surface area contributed by atoms with E-state index in [1.807, 2.05) is 4.90 Å². The van der Waals surface area contributed by atoms with E-state index in [1.165, 1.54) is 12.8 Å². The van der Waals surface area contributed by atoms with E-state index in [2.05, 4.69) is 5.32 Å². The number of fused-ring (bicyclic) bond motifs is 2. The van der Waals surface area contributed by atoms with Crippen molar-refractivity contribution in [3.63, 3.8) is 0 Å². The first-order valence-corrected chi connectivity index (χ1v) is 7.41. The van der Waals surface area contributed by atoms with Crippen LogP contribution in [0.25, 0.3) is 0 Å². The Hall–Kier alpha value is -1.26. The minimum Gasteiger partial charge on any atom is -0.481 e. The zero-order valence-electron chi connectivity index (χ0n) is 11.2. The molecule has 2 N–H and O–H groups in total. The lowest BCUT2D eigenvalue weighted by Gasteiger charge is -2.38. The van der Waals surface area contributed by atoms with Crippen LogP contribution in [-0.2, 0) is 4.79 Å². The Balaban J connectivity index is 1.55. The summed E-state index contributed by atoms with van der Waals surface area (Å²) in [6, 6.07) is 0.609. The maximum atomic E-state index is 12.2. The van der Waals surface area contributed by atoms with Gasteiger partial charge in [0.1, 0.15) is 0 Å². The standard InChI is InChI=1S/C14H22N2O3/c17-13(18)7-10-5-11-3-4-12(6-10)16(11)14(19)15-8-9-1-2-9/h9-12H,1-8H2,(H,15,19)(H,17,18). The predicted octanol–water partition coefficient (Wildman–Crippen LogP) is 1.82. The molecular weight excluding hydrogens is 244 g/mol. The lowest BCUT2D eigenvalue weighted by Crippen LogP contribution is -2.51. The van der Waals surface area contributed by atoms with Gasteiger partial charge in [-0.1, -0.05) is 0 Å². The van der Waals surface area contributed by atoms with E-state index < -0.39 is 5.97 Å². The lowest BCUT2D eigenvalue weighted by atomic mass is 9.88. The number of piperidine rings is 1. The summed E-state index contributed by atoms with van der Waals surface area (Å²) in [5, 5.41) is 11.9. The van der Waals surface area contributed by atoms with Crippen LogP contribution < -0.4 is 5.32 Å². The number of carbonyl (C=O) groups excluding carboxylic acids is 1. The van der Waals surface area contributed by atoms with Crippen molar-refractivity contribution in [3.8, 4) is 0 Å². The Bertz CT molecular complexity index is 367. The van der Waals surface area contributed by atoms with Crippen LogP contribution >= 0.6 is 0 Å². The fourth-order valence-corrected chi connectivity index (χ4v) is 3.68. The number of nitrogens with zero attached hydrogens (tertiary/aromatic N) is 1. The van der Waals surface area contributed by atoms with Crippen molar-refractivity contribution in [2.45, 2.75) is 57.0 Å². The highest BCUT2D eigenvalue weighted by molar-refractivity contribution is 5.75. The summed E-state index contributed by atoms with van der Waals surface area (Å²) in [7, 11) is 0. The molecular formula is C14H22N2O3. The van der Waals surface area contributed by atoms with E-state index in [0.717, 1.165) is 32.2 Å². The first kappa shape index (κ1) is 12.8. The number of hydrogen-bond acceptors (Lipinski definition) is 2. The van der Waals surface area contributed by atoms with Gasteiger partial charge in [-0.25, -0.2) is 4.79 Å². The van der Waals surface area contributed by atoms with Gasteiger partial charge in [-0.05, 0) is 50.4 Å². The first-order chi connectivity index (χ1) is 9.13. The molecule has 2 unspecified atom stereocenters. The van der Waals surface area contributed by atoms with Gasteiger partial charge in [-0.2, -0.15) is 0 Å². The fourth-order valence-electron chi connectivity index (χ4n) is 3.68. The maximum absolute atomic E-state index is 12.2. The van der Waals surface area contributed by atoms with Crippen LogP contribution in [0.3, 0.4) is 0 Å². The van der Waals surface area contributed by atoms with E-state index in [4.69, 9.17) is 5.11 Å². The highest BCUT2D eigenvalue weighted by Crippen LogP contribution is 2.40. The summed E-state index contributed by atoms with van der Waals surface area (Å²) in [6.45, 7) is 0.813. The summed E-state index contributed by atoms with van der Waals surface area (Å²) < 4.78 is 0. The minimum absolute atomic E-state index is 0.0770. The molecule has 2 atom stereocenters. The molecule has 2 aliphatic heterocycles. The third kappa shape index (κ3) is 2.85. The van der Waals surface area contributed by atoms with Crippen molar-refractivity contribution in [2.24, 2.45) is 11.8 Å². The largest absolute Gasteiger partial charge is 0.481 e. The van der Waals surface area contributed by atoms with Gasteiger partial charge in [0.15, 0.2) is 0 Å². The number of nitrogens with one attached hydrogen (secondary N) is 1. The summed E-state index contributed by atoms with van der Waals surface area (Å²) in [5.41, 5.74) is 0. The number of carboxylic acid groups (broad SMARTS) is 1. The summed E-state index contributed by atoms with van der Waals surface area (Å²) in [6.07, 6.45) is 6.54. The summed E-state index contributed by atoms with van der Waals surface area (Å²) in [5.74, 6) is 0.240. The van der Waals surface area contributed by atoms with Gasteiger partial charge in [-0.15, -0.1) is 0 Å². The lowest BCUT2D eigenvalue weighted by molar-refractivity contribution is -0.138. The second-order valence-corrected chi connectivity index (χ2v) is 6.36. The highest BCUT2D eigenvalue weighted by Gasteiger charge is 2.43. The molecule has 19 heavy (non-hydrogen) atoms. The molecule has 3 aliphatic rings.